The summed E-state index contributed by atoms with van der Waals surface area (Å²) in [6.07, 6.45) is 4.32. The number of rotatable bonds is 3. The van der Waals surface area contributed by atoms with Gasteiger partial charge >= 0.3 is 0 Å². The molecule has 2 aromatic heterocycles. The Labute approximate surface area is 139 Å². The minimum Gasteiger partial charge on any atom is -0.469 e. The second kappa shape index (κ2) is 5.89. The van der Waals surface area contributed by atoms with E-state index in [1.54, 1.807) is 12.5 Å². The molecular weight excluding hydrogens is 314 g/mol. The summed E-state index contributed by atoms with van der Waals surface area (Å²) in [5.74, 6) is 2.34. The molecule has 5 nitrogen and oxygen atoms in total. The lowest BCUT2D eigenvalue weighted by Crippen LogP contribution is -2.49. The van der Waals surface area contributed by atoms with Crippen molar-refractivity contribution in [2.24, 2.45) is 5.92 Å². The first-order valence-corrected chi connectivity index (χ1v) is 8.29. The zero-order chi connectivity index (χ0) is 15.8. The van der Waals surface area contributed by atoms with Gasteiger partial charge in [0.2, 0.25) is 5.91 Å². The van der Waals surface area contributed by atoms with Gasteiger partial charge in [0.25, 0.3) is 0 Å². The van der Waals surface area contributed by atoms with Crippen molar-refractivity contribution in [3.05, 3.63) is 47.5 Å². The van der Waals surface area contributed by atoms with Gasteiger partial charge in [0.1, 0.15) is 11.6 Å². The van der Waals surface area contributed by atoms with Crippen molar-refractivity contribution in [1.82, 2.24) is 9.88 Å². The second-order valence-corrected chi connectivity index (χ2v) is 6.49. The molecule has 4 rings (SSSR count). The Balaban J connectivity index is 1.35. The molecule has 0 bridgehead atoms. The minimum absolute atomic E-state index is 0.0890. The number of amides is 1. The third kappa shape index (κ3) is 2.81. The highest BCUT2D eigenvalue weighted by Crippen LogP contribution is 2.48. The van der Waals surface area contributed by atoms with Crippen molar-refractivity contribution >= 4 is 23.3 Å². The van der Waals surface area contributed by atoms with E-state index >= 15 is 0 Å². The Hall–Kier alpha value is -2.01. The number of carbonyl (C=O) groups is 1. The second-order valence-electron chi connectivity index (χ2n) is 6.09. The normalized spacial score (nSPS) is 23.9. The number of piperazine rings is 1. The Morgan fingerprint density at radius 1 is 1.22 bits per heavy atom. The van der Waals surface area contributed by atoms with E-state index in [4.69, 9.17) is 16.0 Å². The molecule has 2 atom stereocenters. The van der Waals surface area contributed by atoms with Crippen molar-refractivity contribution in [2.75, 3.05) is 31.1 Å². The molecule has 1 saturated heterocycles. The molecule has 1 amide bonds. The van der Waals surface area contributed by atoms with E-state index in [-0.39, 0.29) is 17.7 Å². The zero-order valence-electron chi connectivity index (χ0n) is 12.7. The molecule has 0 aromatic carbocycles. The maximum Gasteiger partial charge on any atom is 0.226 e. The van der Waals surface area contributed by atoms with Gasteiger partial charge in [-0.05, 0) is 30.7 Å². The molecule has 6 heteroatoms. The number of pyridine rings is 1. The number of hydrogen-bond donors (Lipinski definition) is 0. The van der Waals surface area contributed by atoms with Crippen LogP contribution in [0, 0.1) is 5.92 Å². The maximum atomic E-state index is 12.6. The number of nitrogens with zero attached hydrogens (tertiary/aromatic N) is 3. The fourth-order valence-electron chi connectivity index (χ4n) is 3.27. The van der Waals surface area contributed by atoms with E-state index in [0.717, 1.165) is 31.1 Å². The molecule has 1 aliphatic carbocycles. The van der Waals surface area contributed by atoms with E-state index in [1.165, 1.54) is 0 Å². The standard InChI is InChI=1S/C17H18ClN3O2/c18-14-3-1-5-19-16(14)20-6-8-21(9-7-20)17(22)13-11-12(13)15-4-2-10-23-15/h1-5,10,12-13H,6-9,11H2. The number of aromatic nitrogens is 1. The monoisotopic (exact) mass is 331 g/mol. The van der Waals surface area contributed by atoms with Crippen LogP contribution < -0.4 is 4.90 Å². The molecule has 2 aliphatic rings. The summed E-state index contributed by atoms with van der Waals surface area (Å²) in [6.45, 7) is 2.96. The third-order valence-electron chi connectivity index (χ3n) is 4.65. The summed E-state index contributed by atoms with van der Waals surface area (Å²) in [4.78, 5) is 21.0. The molecule has 2 unspecified atom stereocenters. The van der Waals surface area contributed by atoms with Crippen LogP contribution in [0.4, 0.5) is 5.82 Å². The van der Waals surface area contributed by atoms with Gasteiger partial charge in [-0.15, -0.1) is 0 Å². The Morgan fingerprint density at radius 3 is 2.74 bits per heavy atom. The highest BCUT2D eigenvalue weighted by Gasteiger charge is 2.47. The fourth-order valence-corrected chi connectivity index (χ4v) is 3.51. The first kappa shape index (κ1) is 14.6. The van der Waals surface area contributed by atoms with Crippen molar-refractivity contribution < 1.29 is 9.21 Å². The predicted molar refractivity (Wildman–Crippen MR) is 87.6 cm³/mol. The molecule has 0 spiro atoms. The fraction of sp³-hybridized carbons (Fsp3) is 0.412. The van der Waals surface area contributed by atoms with Crippen LogP contribution in [0.1, 0.15) is 18.1 Å². The van der Waals surface area contributed by atoms with Crippen LogP contribution in [0.15, 0.2) is 41.1 Å². The molecule has 120 valence electrons. The van der Waals surface area contributed by atoms with Gasteiger partial charge in [0, 0.05) is 44.2 Å². The molecule has 2 fully saturated rings. The van der Waals surface area contributed by atoms with Crippen molar-refractivity contribution in [1.29, 1.82) is 0 Å². The van der Waals surface area contributed by atoms with Crippen molar-refractivity contribution in [3.8, 4) is 0 Å². The number of anilines is 1. The van der Waals surface area contributed by atoms with Gasteiger partial charge < -0.3 is 14.2 Å². The summed E-state index contributed by atoms with van der Waals surface area (Å²) in [5, 5.41) is 0.660. The first-order valence-electron chi connectivity index (χ1n) is 7.91. The highest BCUT2D eigenvalue weighted by molar-refractivity contribution is 6.32. The lowest BCUT2D eigenvalue weighted by atomic mass is 10.2. The lowest BCUT2D eigenvalue weighted by Gasteiger charge is -2.35. The van der Waals surface area contributed by atoms with E-state index in [2.05, 4.69) is 9.88 Å². The number of carbonyl (C=O) groups excluding carboxylic acids is 1. The van der Waals surface area contributed by atoms with Crippen LogP contribution in [0.5, 0.6) is 0 Å². The van der Waals surface area contributed by atoms with E-state index < -0.39 is 0 Å². The molecule has 0 radical (unpaired) electrons. The predicted octanol–water partition coefficient (Wildman–Crippen LogP) is 2.78. The minimum atomic E-state index is 0.0890. The number of furan rings is 1. The Morgan fingerprint density at radius 2 is 2.04 bits per heavy atom. The van der Waals surface area contributed by atoms with Gasteiger partial charge in [-0.1, -0.05) is 11.6 Å². The van der Waals surface area contributed by atoms with Crippen molar-refractivity contribution in [3.63, 3.8) is 0 Å². The molecule has 2 aromatic rings. The van der Waals surface area contributed by atoms with E-state index in [0.29, 0.717) is 18.1 Å². The maximum absolute atomic E-state index is 12.6. The Kier molecular flexibility index (Phi) is 3.73. The molecule has 0 N–H and O–H groups in total. The summed E-state index contributed by atoms with van der Waals surface area (Å²) in [5.41, 5.74) is 0. The first-order chi connectivity index (χ1) is 11.2. The van der Waals surface area contributed by atoms with Crippen molar-refractivity contribution in [2.45, 2.75) is 12.3 Å². The van der Waals surface area contributed by atoms with Crippen LogP contribution in [0.25, 0.3) is 0 Å². The number of hydrogen-bond acceptors (Lipinski definition) is 4. The molecule has 1 saturated carbocycles. The third-order valence-corrected chi connectivity index (χ3v) is 4.94. The van der Waals surface area contributed by atoms with Gasteiger partial charge in [-0.2, -0.15) is 0 Å². The molecule has 23 heavy (non-hydrogen) atoms. The largest absolute Gasteiger partial charge is 0.469 e. The van der Waals surface area contributed by atoms with Crippen LogP contribution in [-0.4, -0.2) is 42.0 Å². The van der Waals surface area contributed by atoms with Gasteiger partial charge in [0.15, 0.2) is 0 Å². The summed E-state index contributed by atoms with van der Waals surface area (Å²) >= 11 is 6.20. The van der Waals surface area contributed by atoms with Crippen LogP contribution in [0.2, 0.25) is 5.02 Å². The molecule has 3 heterocycles. The van der Waals surface area contributed by atoms with Crippen LogP contribution in [-0.2, 0) is 4.79 Å². The zero-order valence-corrected chi connectivity index (χ0v) is 13.4. The molecular formula is C17H18ClN3O2. The highest BCUT2D eigenvalue weighted by atomic mass is 35.5. The Bertz CT molecular complexity index is 696. The topological polar surface area (TPSA) is 49.6 Å². The van der Waals surface area contributed by atoms with Crippen LogP contribution >= 0.6 is 11.6 Å². The average molecular weight is 332 g/mol. The average Bonchev–Trinajstić information content (AvgIpc) is 3.20. The van der Waals surface area contributed by atoms with Crippen LogP contribution in [0.3, 0.4) is 0 Å². The van der Waals surface area contributed by atoms with E-state index in [9.17, 15) is 4.79 Å². The SMILES string of the molecule is O=C(C1CC1c1ccco1)N1CCN(c2ncccc2Cl)CC1. The summed E-state index contributed by atoms with van der Waals surface area (Å²) < 4.78 is 5.41. The quantitative estimate of drug-likeness (QED) is 0.867. The lowest BCUT2D eigenvalue weighted by molar-refractivity contribution is -0.133. The van der Waals surface area contributed by atoms with Gasteiger partial charge in [-0.3, -0.25) is 4.79 Å². The number of halogens is 1. The van der Waals surface area contributed by atoms with Gasteiger partial charge in [0.05, 0.1) is 11.3 Å². The molecule has 1 aliphatic heterocycles. The summed E-state index contributed by atoms with van der Waals surface area (Å²) in [7, 11) is 0. The van der Waals surface area contributed by atoms with Gasteiger partial charge in [-0.25, -0.2) is 4.98 Å². The smallest absolute Gasteiger partial charge is 0.226 e. The summed E-state index contributed by atoms with van der Waals surface area (Å²) in [6, 6.07) is 7.51. The van der Waals surface area contributed by atoms with E-state index in [1.807, 2.05) is 29.2 Å².